The summed E-state index contributed by atoms with van der Waals surface area (Å²) in [4.78, 5) is 26.3. The van der Waals surface area contributed by atoms with Crippen molar-refractivity contribution in [1.29, 1.82) is 0 Å². The van der Waals surface area contributed by atoms with E-state index in [1.807, 2.05) is 12.1 Å². The number of carbonyl (C=O) groups excluding carboxylic acids is 2. The molecule has 1 aliphatic heterocycles. The number of benzene rings is 1. The number of nitrogens with zero attached hydrogens (tertiary/aromatic N) is 1. The average Bonchev–Trinajstić information content (AvgIpc) is 3.08. The third kappa shape index (κ3) is 5.33. The molecule has 0 aromatic heterocycles. The molecule has 2 unspecified atom stereocenters. The van der Waals surface area contributed by atoms with Crippen LogP contribution in [0.1, 0.15) is 19.3 Å². The maximum atomic E-state index is 12.4. The Morgan fingerprint density at radius 2 is 1.96 bits per heavy atom. The number of nitrogens with two attached hydrogens (primary N) is 1. The molecule has 144 valence electrons. The van der Waals surface area contributed by atoms with Gasteiger partial charge in [-0.15, -0.1) is 12.4 Å². The standard InChI is InChI=1S/C18H25N3O4.ClH/c19-14-6-5-13(11-14)18(23)20-15-3-1-2-4-16(15)25-12-17(22)21-7-9-24-10-8-21;/h1-4,13-14H,5-12,19H2,(H,20,23);1H. The second-order valence-electron chi connectivity index (χ2n) is 6.54. The molecular formula is C18H26ClN3O4. The highest BCUT2D eigenvalue weighted by molar-refractivity contribution is 5.94. The van der Waals surface area contributed by atoms with Gasteiger partial charge in [-0.2, -0.15) is 0 Å². The van der Waals surface area contributed by atoms with E-state index in [-0.39, 0.29) is 42.8 Å². The van der Waals surface area contributed by atoms with E-state index in [4.69, 9.17) is 15.2 Å². The van der Waals surface area contributed by atoms with Gasteiger partial charge in [0.2, 0.25) is 5.91 Å². The predicted molar refractivity (Wildman–Crippen MR) is 101 cm³/mol. The van der Waals surface area contributed by atoms with Gasteiger partial charge in [-0.25, -0.2) is 0 Å². The molecule has 3 N–H and O–H groups in total. The highest BCUT2D eigenvalue weighted by Crippen LogP contribution is 2.28. The summed E-state index contributed by atoms with van der Waals surface area (Å²) in [5.74, 6) is 0.326. The maximum absolute atomic E-state index is 12.4. The third-order valence-corrected chi connectivity index (χ3v) is 4.70. The topological polar surface area (TPSA) is 93.9 Å². The number of hydrogen-bond donors (Lipinski definition) is 2. The van der Waals surface area contributed by atoms with Crippen molar-refractivity contribution in [2.24, 2.45) is 11.7 Å². The first-order chi connectivity index (χ1) is 12.1. The quantitative estimate of drug-likeness (QED) is 0.801. The van der Waals surface area contributed by atoms with Gasteiger partial charge in [0, 0.05) is 25.0 Å². The molecule has 2 fully saturated rings. The van der Waals surface area contributed by atoms with Crippen LogP contribution in [0.4, 0.5) is 5.69 Å². The van der Waals surface area contributed by atoms with E-state index in [0.29, 0.717) is 44.2 Å². The van der Waals surface area contributed by atoms with Crippen LogP contribution in [-0.4, -0.2) is 55.7 Å². The van der Waals surface area contributed by atoms with E-state index in [0.717, 1.165) is 12.8 Å². The second-order valence-corrected chi connectivity index (χ2v) is 6.54. The fraction of sp³-hybridized carbons (Fsp3) is 0.556. The lowest BCUT2D eigenvalue weighted by molar-refractivity contribution is -0.137. The Morgan fingerprint density at radius 3 is 2.65 bits per heavy atom. The maximum Gasteiger partial charge on any atom is 0.260 e. The summed E-state index contributed by atoms with van der Waals surface area (Å²) < 4.78 is 10.9. The minimum absolute atomic E-state index is 0. The smallest absolute Gasteiger partial charge is 0.260 e. The number of rotatable bonds is 5. The lowest BCUT2D eigenvalue weighted by Gasteiger charge is -2.26. The van der Waals surface area contributed by atoms with Crippen molar-refractivity contribution >= 4 is 29.9 Å². The Morgan fingerprint density at radius 1 is 1.23 bits per heavy atom. The van der Waals surface area contributed by atoms with E-state index in [1.165, 1.54) is 0 Å². The van der Waals surface area contributed by atoms with Gasteiger partial charge < -0.3 is 25.4 Å². The van der Waals surface area contributed by atoms with Crippen LogP contribution >= 0.6 is 12.4 Å². The Bertz CT molecular complexity index is 622. The highest BCUT2D eigenvalue weighted by Gasteiger charge is 2.28. The van der Waals surface area contributed by atoms with Gasteiger partial charge in [-0.05, 0) is 31.4 Å². The van der Waals surface area contributed by atoms with Crippen LogP contribution in [0.15, 0.2) is 24.3 Å². The summed E-state index contributed by atoms with van der Waals surface area (Å²) in [5, 5.41) is 2.91. The van der Waals surface area contributed by atoms with Crippen LogP contribution in [0, 0.1) is 5.92 Å². The van der Waals surface area contributed by atoms with Gasteiger partial charge in [-0.1, -0.05) is 12.1 Å². The zero-order valence-electron chi connectivity index (χ0n) is 14.7. The average molecular weight is 384 g/mol. The molecule has 8 heteroatoms. The lowest BCUT2D eigenvalue weighted by Crippen LogP contribution is -2.43. The van der Waals surface area contributed by atoms with Crippen LogP contribution < -0.4 is 15.8 Å². The first-order valence-corrected chi connectivity index (χ1v) is 8.77. The summed E-state index contributed by atoms with van der Waals surface area (Å²) in [7, 11) is 0. The number of ether oxygens (including phenoxy) is 2. The fourth-order valence-electron chi connectivity index (χ4n) is 3.23. The van der Waals surface area contributed by atoms with Crippen molar-refractivity contribution in [3.05, 3.63) is 24.3 Å². The number of carbonyl (C=O) groups is 2. The number of hydrogen-bond acceptors (Lipinski definition) is 5. The number of halogens is 1. The van der Waals surface area contributed by atoms with Crippen LogP contribution in [0.5, 0.6) is 5.75 Å². The Kier molecular flexibility index (Phi) is 7.68. The van der Waals surface area contributed by atoms with E-state index in [1.54, 1.807) is 17.0 Å². The van der Waals surface area contributed by atoms with E-state index in [2.05, 4.69) is 5.32 Å². The second kappa shape index (κ2) is 9.75. The molecule has 0 spiro atoms. The lowest BCUT2D eigenvalue weighted by atomic mass is 10.1. The van der Waals surface area contributed by atoms with E-state index < -0.39 is 0 Å². The fourth-order valence-corrected chi connectivity index (χ4v) is 3.23. The van der Waals surface area contributed by atoms with Gasteiger partial charge >= 0.3 is 0 Å². The molecule has 0 radical (unpaired) electrons. The highest BCUT2D eigenvalue weighted by atomic mass is 35.5. The molecule has 0 bridgehead atoms. The van der Waals surface area contributed by atoms with Crippen molar-refractivity contribution in [3.8, 4) is 5.75 Å². The summed E-state index contributed by atoms with van der Waals surface area (Å²) >= 11 is 0. The Hall–Kier alpha value is -1.83. The Labute approximate surface area is 159 Å². The summed E-state index contributed by atoms with van der Waals surface area (Å²) in [6.45, 7) is 2.23. The molecule has 1 heterocycles. The molecular weight excluding hydrogens is 358 g/mol. The van der Waals surface area contributed by atoms with E-state index >= 15 is 0 Å². The molecule has 1 aromatic carbocycles. The zero-order valence-corrected chi connectivity index (χ0v) is 15.5. The van der Waals surface area contributed by atoms with Crippen LogP contribution in [0.2, 0.25) is 0 Å². The Balaban J connectivity index is 0.00000243. The first kappa shape index (κ1) is 20.5. The number of para-hydroxylation sites is 2. The van der Waals surface area contributed by atoms with E-state index in [9.17, 15) is 9.59 Å². The summed E-state index contributed by atoms with van der Waals surface area (Å²) in [5.41, 5.74) is 6.47. The number of anilines is 1. The zero-order chi connectivity index (χ0) is 17.6. The largest absolute Gasteiger partial charge is 0.482 e. The molecule has 2 amide bonds. The van der Waals surface area contributed by atoms with Crippen LogP contribution in [0.3, 0.4) is 0 Å². The minimum atomic E-state index is -0.0776. The van der Waals surface area contributed by atoms with Crippen molar-refractivity contribution in [1.82, 2.24) is 4.90 Å². The van der Waals surface area contributed by atoms with Gasteiger partial charge in [0.1, 0.15) is 5.75 Å². The number of morpholine rings is 1. The van der Waals surface area contributed by atoms with Gasteiger partial charge in [0.25, 0.3) is 5.91 Å². The molecule has 26 heavy (non-hydrogen) atoms. The summed E-state index contributed by atoms with van der Waals surface area (Å²) in [6.07, 6.45) is 2.40. The first-order valence-electron chi connectivity index (χ1n) is 8.77. The van der Waals surface area contributed by atoms with Crippen molar-refractivity contribution in [2.45, 2.75) is 25.3 Å². The SMILES string of the molecule is Cl.NC1CCC(C(=O)Nc2ccccc2OCC(=O)N2CCOCC2)C1. The molecule has 3 rings (SSSR count). The number of nitrogens with one attached hydrogen (secondary N) is 1. The minimum Gasteiger partial charge on any atom is -0.482 e. The van der Waals surface area contributed by atoms with Crippen molar-refractivity contribution in [3.63, 3.8) is 0 Å². The van der Waals surface area contributed by atoms with Crippen molar-refractivity contribution in [2.75, 3.05) is 38.2 Å². The predicted octanol–water partition coefficient (Wildman–Crippen LogP) is 1.41. The molecule has 2 aliphatic rings. The van der Waals surface area contributed by atoms with Gasteiger partial charge in [-0.3, -0.25) is 9.59 Å². The van der Waals surface area contributed by atoms with Crippen LogP contribution in [0.25, 0.3) is 0 Å². The molecule has 1 saturated heterocycles. The summed E-state index contributed by atoms with van der Waals surface area (Å²) in [6, 6.07) is 7.28. The van der Waals surface area contributed by atoms with Gasteiger partial charge in [0.15, 0.2) is 6.61 Å². The normalized spacial score (nSPS) is 22.4. The van der Waals surface area contributed by atoms with Crippen molar-refractivity contribution < 1.29 is 19.1 Å². The number of amides is 2. The molecule has 1 saturated carbocycles. The molecule has 1 aliphatic carbocycles. The van der Waals surface area contributed by atoms with Gasteiger partial charge in [0.05, 0.1) is 18.9 Å². The van der Waals surface area contributed by atoms with Crippen LogP contribution in [-0.2, 0) is 14.3 Å². The third-order valence-electron chi connectivity index (χ3n) is 4.70. The monoisotopic (exact) mass is 383 g/mol. The molecule has 1 aromatic rings. The molecule has 7 nitrogen and oxygen atoms in total. The molecule has 2 atom stereocenters.